The zero-order valence-electron chi connectivity index (χ0n) is 6.20. The summed E-state index contributed by atoms with van der Waals surface area (Å²) >= 11 is 0. The van der Waals surface area contributed by atoms with E-state index in [4.69, 9.17) is 5.11 Å². The van der Waals surface area contributed by atoms with Crippen molar-refractivity contribution in [3.05, 3.63) is 0 Å². The van der Waals surface area contributed by atoms with E-state index >= 15 is 0 Å². The van der Waals surface area contributed by atoms with Crippen LogP contribution < -0.4 is 0 Å². The Labute approximate surface area is 60.0 Å². The van der Waals surface area contributed by atoms with Crippen LogP contribution >= 0.6 is 0 Å². The molecule has 0 fully saturated rings. The lowest BCUT2D eigenvalue weighted by atomic mass is 9.94. The van der Waals surface area contributed by atoms with Crippen LogP contribution in [-0.2, 0) is 9.59 Å². The molecule has 10 heavy (non-hydrogen) atoms. The molecule has 0 aromatic carbocycles. The highest BCUT2D eigenvalue weighted by atomic mass is 16.4. The summed E-state index contributed by atoms with van der Waals surface area (Å²) in [5.74, 6) is -1.13. The fourth-order valence-electron chi connectivity index (χ4n) is 0.643. The molecule has 1 unspecified atom stereocenters. The first-order valence-corrected chi connectivity index (χ1v) is 3.25. The first kappa shape index (κ1) is 9.14. The molecule has 0 bridgehead atoms. The first-order chi connectivity index (χ1) is 4.57. The third-order valence-corrected chi connectivity index (χ3v) is 1.44. The number of hydrogen-bond acceptors (Lipinski definition) is 2. The van der Waals surface area contributed by atoms with Crippen molar-refractivity contribution in [3.8, 4) is 0 Å². The molecule has 0 saturated carbocycles. The van der Waals surface area contributed by atoms with Crippen molar-refractivity contribution < 1.29 is 14.7 Å². The highest BCUT2D eigenvalue weighted by Crippen LogP contribution is 2.11. The van der Waals surface area contributed by atoms with E-state index in [0.717, 1.165) is 0 Å². The Kier molecular flexibility index (Phi) is 3.69. The molecule has 0 aliphatic carbocycles. The van der Waals surface area contributed by atoms with E-state index in [1.54, 1.807) is 0 Å². The van der Waals surface area contributed by atoms with Crippen LogP contribution in [0.15, 0.2) is 0 Å². The van der Waals surface area contributed by atoms with Gasteiger partial charge in [-0.1, -0.05) is 13.8 Å². The van der Waals surface area contributed by atoms with Crippen molar-refractivity contribution in [1.82, 2.24) is 0 Å². The van der Waals surface area contributed by atoms with Crippen LogP contribution in [0.25, 0.3) is 0 Å². The summed E-state index contributed by atoms with van der Waals surface area (Å²) in [5.41, 5.74) is 0. The van der Waals surface area contributed by atoms with E-state index in [0.29, 0.717) is 6.29 Å². The normalized spacial score (nSPS) is 13.1. The largest absolute Gasteiger partial charge is 0.481 e. The van der Waals surface area contributed by atoms with Gasteiger partial charge in [-0.2, -0.15) is 0 Å². The Balaban J connectivity index is 3.83. The third-order valence-electron chi connectivity index (χ3n) is 1.44. The van der Waals surface area contributed by atoms with Crippen molar-refractivity contribution in [2.45, 2.75) is 20.3 Å². The van der Waals surface area contributed by atoms with Crippen molar-refractivity contribution in [3.63, 3.8) is 0 Å². The van der Waals surface area contributed by atoms with Gasteiger partial charge in [0, 0.05) is 5.92 Å². The van der Waals surface area contributed by atoms with Crippen molar-refractivity contribution in [2.75, 3.05) is 0 Å². The Hall–Kier alpha value is -0.860. The molecule has 0 amide bonds. The van der Waals surface area contributed by atoms with Gasteiger partial charge < -0.3 is 9.90 Å². The average Bonchev–Trinajstić information content (AvgIpc) is 1.81. The molecule has 0 rings (SSSR count). The van der Waals surface area contributed by atoms with Gasteiger partial charge in [-0.3, -0.25) is 4.79 Å². The van der Waals surface area contributed by atoms with E-state index in [9.17, 15) is 9.59 Å². The minimum atomic E-state index is -0.911. The smallest absolute Gasteiger partial charge is 0.304 e. The van der Waals surface area contributed by atoms with Crippen molar-refractivity contribution in [1.29, 1.82) is 0 Å². The molecule has 0 radical (unpaired) electrons. The molecule has 0 spiro atoms. The fraction of sp³-hybridized carbons (Fsp3) is 0.714. The van der Waals surface area contributed by atoms with Crippen LogP contribution in [-0.4, -0.2) is 17.4 Å². The maximum absolute atomic E-state index is 10.2. The number of hydrogen-bond donors (Lipinski definition) is 1. The zero-order chi connectivity index (χ0) is 8.15. The number of carbonyl (C=O) groups excluding carboxylic acids is 1. The number of rotatable bonds is 4. The SMILES string of the molecule is CC(C)C(C=O)CC(=O)O. The number of aldehydes is 1. The summed E-state index contributed by atoms with van der Waals surface area (Å²) in [6.45, 7) is 3.67. The molecule has 3 nitrogen and oxygen atoms in total. The highest BCUT2D eigenvalue weighted by molar-refractivity contribution is 5.71. The lowest BCUT2D eigenvalue weighted by Gasteiger charge is -2.09. The maximum atomic E-state index is 10.2. The molecule has 0 aliphatic heterocycles. The zero-order valence-corrected chi connectivity index (χ0v) is 6.20. The van der Waals surface area contributed by atoms with Crippen molar-refractivity contribution in [2.24, 2.45) is 11.8 Å². The van der Waals surface area contributed by atoms with Gasteiger partial charge in [-0.15, -0.1) is 0 Å². The van der Waals surface area contributed by atoms with Gasteiger partial charge in [-0.25, -0.2) is 0 Å². The van der Waals surface area contributed by atoms with Gasteiger partial charge in [-0.05, 0) is 5.92 Å². The summed E-state index contributed by atoms with van der Waals surface area (Å²) in [7, 11) is 0. The number of carbonyl (C=O) groups is 2. The van der Waals surface area contributed by atoms with Gasteiger partial charge >= 0.3 is 5.97 Å². The van der Waals surface area contributed by atoms with Gasteiger partial charge in [0.15, 0.2) is 0 Å². The fourth-order valence-corrected chi connectivity index (χ4v) is 0.643. The number of aliphatic carboxylic acids is 1. The minimum absolute atomic E-state index is 0.0544. The summed E-state index contributed by atoms with van der Waals surface area (Å²) in [6, 6.07) is 0. The van der Waals surface area contributed by atoms with Crippen LogP contribution in [0.5, 0.6) is 0 Å². The van der Waals surface area contributed by atoms with Gasteiger partial charge in [0.05, 0.1) is 6.42 Å². The second kappa shape index (κ2) is 4.04. The summed E-state index contributed by atoms with van der Waals surface area (Å²) in [5, 5.41) is 8.30. The Bertz CT molecular complexity index is 129. The van der Waals surface area contributed by atoms with Gasteiger partial charge in [0.25, 0.3) is 0 Å². The lowest BCUT2D eigenvalue weighted by molar-refractivity contribution is -0.139. The van der Waals surface area contributed by atoms with E-state index in [2.05, 4.69) is 0 Å². The second-order valence-corrected chi connectivity index (χ2v) is 2.64. The quantitative estimate of drug-likeness (QED) is 0.597. The summed E-state index contributed by atoms with van der Waals surface area (Å²) in [4.78, 5) is 20.3. The molecule has 1 atom stereocenters. The topological polar surface area (TPSA) is 54.4 Å². The lowest BCUT2D eigenvalue weighted by Crippen LogP contribution is -2.14. The van der Waals surface area contributed by atoms with Crippen LogP contribution in [0.3, 0.4) is 0 Å². The van der Waals surface area contributed by atoms with E-state index in [1.165, 1.54) is 0 Å². The predicted molar refractivity (Wildman–Crippen MR) is 36.6 cm³/mol. The first-order valence-electron chi connectivity index (χ1n) is 3.25. The molecule has 0 aromatic heterocycles. The van der Waals surface area contributed by atoms with E-state index in [-0.39, 0.29) is 18.3 Å². The monoisotopic (exact) mass is 144 g/mol. The molecule has 3 heteroatoms. The molecule has 0 heterocycles. The van der Waals surface area contributed by atoms with E-state index in [1.807, 2.05) is 13.8 Å². The van der Waals surface area contributed by atoms with Crippen molar-refractivity contribution >= 4 is 12.3 Å². The molecule has 58 valence electrons. The number of carboxylic acid groups (broad SMARTS) is 1. The van der Waals surface area contributed by atoms with E-state index < -0.39 is 5.97 Å². The van der Waals surface area contributed by atoms with Crippen LogP contribution in [0, 0.1) is 11.8 Å². The highest BCUT2D eigenvalue weighted by Gasteiger charge is 2.15. The molecule has 0 aliphatic rings. The molecule has 0 aromatic rings. The Morgan fingerprint density at radius 2 is 2.10 bits per heavy atom. The Morgan fingerprint density at radius 1 is 1.60 bits per heavy atom. The molecular formula is C7H12O3. The standard InChI is InChI=1S/C7H12O3/c1-5(2)6(4-8)3-7(9)10/h4-6H,3H2,1-2H3,(H,9,10). The Morgan fingerprint density at radius 3 is 2.20 bits per heavy atom. The van der Waals surface area contributed by atoms with Crippen LogP contribution in [0.1, 0.15) is 20.3 Å². The summed E-state index contributed by atoms with van der Waals surface area (Å²) < 4.78 is 0. The molecular weight excluding hydrogens is 132 g/mol. The van der Waals surface area contributed by atoms with Gasteiger partial charge in [0.1, 0.15) is 6.29 Å². The second-order valence-electron chi connectivity index (χ2n) is 2.64. The third kappa shape index (κ3) is 3.22. The average molecular weight is 144 g/mol. The molecule has 0 saturated heterocycles. The van der Waals surface area contributed by atoms with Crippen LogP contribution in [0.2, 0.25) is 0 Å². The minimum Gasteiger partial charge on any atom is -0.481 e. The summed E-state index contributed by atoms with van der Waals surface area (Å²) in [6.07, 6.45) is 0.653. The predicted octanol–water partition coefficient (Wildman–Crippen LogP) is 0.932. The maximum Gasteiger partial charge on any atom is 0.304 e. The molecule has 1 N–H and O–H groups in total. The van der Waals surface area contributed by atoms with Crippen LogP contribution in [0.4, 0.5) is 0 Å². The van der Waals surface area contributed by atoms with Gasteiger partial charge in [0.2, 0.25) is 0 Å². The number of carboxylic acids is 1.